The summed E-state index contributed by atoms with van der Waals surface area (Å²) in [7, 11) is 0. The molecule has 0 aliphatic heterocycles. The molecule has 0 saturated heterocycles. The molecule has 6 rings (SSSR count). The van der Waals surface area contributed by atoms with Crippen LogP contribution in [-0.4, -0.2) is 17.9 Å². The molecule has 0 radical (unpaired) electrons. The lowest BCUT2D eigenvalue weighted by Crippen LogP contribution is -2.39. The van der Waals surface area contributed by atoms with E-state index in [1.165, 1.54) is 44.9 Å². The van der Waals surface area contributed by atoms with Crippen molar-refractivity contribution in [3.8, 4) is 5.75 Å². The second-order valence-corrected chi connectivity index (χ2v) is 8.95. The van der Waals surface area contributed by atoms with Gasteiger partial charge in [0.15, 0.2) is 0 Å². The summed E-state index contributed by atoms with van der Waals surface area (Å²) in [6, 6.07) is 12.0. The second-order valence-electron chi connectivity index (χ2n) is 8.95. The molecule has 2 unspecified atom stereocenters. The Hall–Kier alpha value is -1.83. The first-order valence-electron chi connectivity index (χ1n) is 9.91. The van der Waals surface area contributed by atoms with E-state index in [4.69, 9.17) is 4.99 Å². The highest BCUT2D eigenvalue weighted by molar-refractivity contribution is 6.02. The molecule has 4 aliphatic carbocycles. The van der Waals surface area contributed by atoms with Crippen LogP contribution in [0.3, 0.4) is 0 Å². The zero-order valence-electron chi connectivity index (χ0n) is 14.8. The number of aromatic hydroxyl groups is 1. The van der Waals surface area contributed by atoms with E-state index in [-0.39, 0.29) is 0 Å². The predicted octanol–water partition coefficient (Wildman–Crippen LogP) is 5.57. The van der Waals surface area contributed by atoms with Crippen molar-refractivity contribution in [1.29, 1.82) is 0 Å². The van der Waals surface area contributed by atoms with Crippen LogP contribution in [-0.2, 0) is 0 Å². The van der Waals surface area contributed by atoms with Crippen LogP contribution >= 0.6 is 0 Å². The van der Waals surface area contributed by atoms with Crippen molar-refractivity contribution in [1.82, 2.24) is 0 Å². The van der Waals surface area contributed by atoms with E-state index >= 15 is 0 Å². The lowest BCUT2D eigenvalue weighted by atomic mass is 9.58. The fourth-order valence-corrected chi connectivity index (χ4v) is 6.31. The Labute approximate surface area is 150 Å². The Kier molecular flexibility index (Phi) is 3.62. The highest BCUT2D eigenvalue weighted by Crippen LogP contribution is 2.57. The monoisotopic (exact) mass is 333 g/mol. The van der Waals surface area contributed by atoms with E-state index < -0.39 is 0 Å². The number of aliphatic imine (C=N–C) groups is 1. The molecule has 2 atom stereocenters. The number of nitrogens with zero attached hydrogens (tertiary/aromatic N) is 1. The van der Waals surface area contributed by atoms with E-state index in [1.54, 1.807) is 6.07 Å². The second kappa shape index (κ2) is 5.86. The molecule has 4 fully saturated rings. The maximum Gasteiger partial charge on any atom is 0.124 e. The standard InChI is InChI=1S/C23H27NO/c25-22-8-7-19-3-1-2-4-20(19)21(22)14-24-15-23-11-16-5-6-17(12-23)10-18(9-16)13-23/h1-4,7-8,14,16-18,25H,5-6,9-13,15H2. The van der Waals surface area contributed by atoms with Crippen molar-refractivity contribution in [2.45, 2.75) is 44.9 Å². The minimum atomic E-state index is 0.338. The summed E-state index contributed by atoms with van der Waals surface area (Å²) in [5, 5.41) is 12.6. The summed E-state index contributed by atoms with van der Waals surface area (Å²) < 4.78 is 0. The van der Waals surface area contributed by atoms with Gasteiger partial charge >= 0.3 is 0 Å². The van der Waals surface area contributed by atoms with Crippen LogP contribution in [0.4, 0.5) is 0 Å². The van der Waals surface area contributed by atoms with Gasteiger partial charge in [0.1, 0.15) is 5.75 Å². The summed E-state index contributed by atoms with van der Waals surface area (Å²) >= 11 is 0. The largest absolute Gasteiger partial charge is 0.507 e. The third kappa shape index (κ3) is 2.76. The number of phenolic OH excluding ortho intramolecular Hbond substituents is 1. The van der Waals surface area contributed by atoms with Gasteiger partial charge < -0.3 is 5.11 Å². The summed E-state index contributed by atoms with van der Waals surface area (Å²) in [5.41, 5.74) is 1.32. The lowest BCUT2D eigenvalue weighted by Gasteiger charge is -2.47. The number of hydrogen-bond acceptors (Lipinski definition) is 2. The van der Waals surface area contributed by atoms with Crippen LogP contribution in [0.1, 0.15) is 50.5 Å². The van der Waals surface area contributed by atoms with Crippen molar-refractivity contribution in [3.63, 3.8) is 0 Å². The molecule has 4 aliphatic rings. The number of rotatable bonds is 3. The zero-order valence-corrected chi connectivity index (χ0v) is 14.8. The minimum absolute atomic E-state index is 0.338. The average Bonchev–Trinajstić information content (AvgIpc) is 2.82. The Morgan fingerprint density at radius 3 is 2.48 bits per heavy atom. The molecular weight excluding hydrogens is 306 g/mol. The van der Waals surface area contributed by atoms with Crippen molar-refractivity contribution in [2.75, 3.05) is 6.54 Å². The van der Waals surface area contributed by atoms with E-state index in [0.29, 0.717) is 11.2 Å². The van der Waals surface area contributed by atoms with Crippen LogP contribution < -0.4 is 0 Å². The Morgan fingerprint density at radius 1 is 0.960 bits per heavy atom. The summed E-state index contributed by atoms with van der Waals surface area (Å²) in [5.74, 6) is 3.20. The van der Waals surface area contributed by atoms with Gasteiger partial charge in [-0.3, -0.25) is 4.99 Å². The van der Waals surface area contributed by atoms with Gasteiger partial charge in [-0.05, 0) is 72.1 Å². The fraction of sp³-hybridized carbons (Fsp3) is 0.522. The first-order valence-corrected chi connectivity index (χ1v) is 9.91. The molecule has 25 heavy (non-hydrogen) atoms. The molecule has 4 bridgehead atoms. The highest BCUT2D eigenvalue weighted by atomic mass is 16.3. The van der Waals surface area contributed by atoms with Gasteiger partial charge in [0, 0.05) is 18.3 Å². The van der Waals surface area contributed by atoms with Crippen LogP contribution in [0.2, 0.25) is 0 Å². The Balaban J connectivity index is 1.42. The van der Waals surface area contributed by atoms with Gasteiger partial charge in [-0.1, -0.05) is 43.2 Å². The van der Waals surface area contributed by atoms with E-state index in [9.17, 15) is 5.11 Å². The minimum Gasteiger partial charge on any atom is -0.507 e. The van der Waals surface area contributed by atoms with Gasteiger partial charge in [-0.25, -0.2) is 0 Å². The molecule has 0 amide bonds. The maximum atomic E-state index is 10.3. The highest BCUT2D eigenvalue weighted by Gasteiger charge is 2.48. The third-order valence-electron chi connectivity index (χ3n) is 7.08. The smallest absolute Gasteiger partial charge is 0.124 e. The first-order chi connectivity index (χ1) is 12.2. The summed E-state index contributed by atoms with van der Waals surface area (Å²) in [4.78, 5) is 4.90. The molecular formula is C23H27NO. The Morgan fingerprint density at radius 2 is 1.68 bits per heavy atom. The van der Waals surface area contributed by atoms with Crippen LogP contribution in [0, 0.1) is 23.2 Å². The first kappa shape index (κ1) is 15.4. The van der Waals surface area contributed by atoms with E-state index in [2.05, 4.69) is 12.1 Å². The molecule has 130 valence electrons. The Bertz CT molecular complexity index is 808. The van der Waals surface area contributed by atoms with Crippen LogP contribution in [0.25, 0.3) is 10.8 Å². The molecule has 0 spiro atoms. The normalized spacial score (nSPS) is 34.0. The lowest BCUT2D eigenvalue weighted by molar-refractivity contribution is 0.0428. The van der Waals surface area contributed by atoms with Gasteiger partial charge in [-0.15, -0.1) is 0 Å². The van der Waals surface area contributed by atoms with Crippen molar-refractivity contribution in [2.24, 2.45) is 28.2 Å². The fourth-order valence-electron chi connectivity index (χ4n) is 6.31. The predicted molar refractivity (Wildman–Crippen MR) is 103 cm³/mol. The number of hydrogen-bond donors (Lipinski definition) is 1. The number of fused-ring (bicyclic) bond motifs is 2. The van der Waals surface area contributed by atoms with Gasteiger partial charge in [-0.2, -0.15) is 0 Å². The summed E-state index contributed by atoms with van der Waals surface area (Å²) in [6.07, 6.45) is 12.0. The number of phenols is 1. The molecule has 1 N–H and O–H groups in total. The number of benzene rings is 2. The quantitative estimate of drug-likeness (QED) is 0.732. The molecule has 0 heterocycles. The van der Waals surface area contributed by atoms with Gasteiger partial charge in [0.2, 0.25) is 0 Å². The van der Waals surface area contributed by atoms with Crippen molar-refractivity contribution < 1.29 is 5.11 Å². The van der Waals surface area contributed by atoms with E-state index in [1.807, 2.05) is 24.4 Å². The SMILES string of the molecule is Oc1ccc2ccccc2c1C=NCC12CC3CCC(CC(C3)C1)C2. The molecule has 2 aromatic carbocycles. The molecule has 2 aromatic rings. The van der Waals surface area contributed by atoms with Crippen LogP contribution in [0.15, 0.2) is 41.4 Å². The molecule has 0 aromatic heterocycles. The van der Waals surface area contributed by atoms with Crippen molar-refractivity contribution in [3.05, 3.63) is 42.0 Å². The van der Waals surface area contributed by atoms with E-state index in [0.717, 1.165) is 40.6 Å². The third-order valence-corrected chi connectivity index (χ3v) is 7.08. The summed E-state index contributed by atoms with van der Waals surface area (Å²) in [6.45, 7) is 0.944. The average molecular weight is 333 g/mol. The molecule has 2 heteroatoms. The van der Waals surface area contributed by atoms with Gasteiger partial charge in [0.25, 0.3) is 0 Å². The molecule has 2 nitrogen and oxygen atoms in total. The topological polar surface area (TPSA) is 32.6 Å². The zero-order chi connectivity index (χ0) is 16.9. The molecule has 4 saturated carbocycles. The van der Waals surface area contributed by atoms with Crippen molar-refractivity contribution >= 4 is 17.0 Å². The van der Waals surface area contributed by atoms with Crippen LogP contribution in [0.5, 0.6) is 5.75 Å². The van der Waals surface area contributed by atoms with Gasteiger partial charge in [0.05, 0.1) is 0 Å². The maximum absolute atomic E-state index is 10.3.